The van der Waals surface area contributed by atoms with E-state index in [4.69, 9.17) is 4.74 Å². The predicted octanol–water partition coefficient (Wildman–Crippen LogP) is 1.86. The Morgan fingerprint density at radius 3 is 2.75 bits per heavy atom. The molecule has 0 aromatic heterocycles. The van der Waals surface area contributed by atoms with Crippen LogP contribution in [0.3, 0.4) is 0 Å². The van der Waals surface area contributed by atoms with Crippen molar-refractivity contribution >= 4 is 17.6 Å². The van der Waals surface area contributed by atoms with Crippen LogP contribution in [-0.4, -0.2) is 53.6 Å². The first kappa shape index (κ1) is 17.9. The van der Waals surface area contributed by atoms with Crippen molar-refractivity contribution in [3.63, 3.8) is 0 Å². The van der Waals surface area contributed by atoms with Gasteiger partial charge in [0.2, 0.25) is 0 Å². The average Bonchev–Trinajstić information content (AvgIpc) is 2.54. The number of benzene rings is 1. The summed E-state index contributed by atoms with van der Waals surface area (Å²) in [4.78, 5) is 36.5. The third-order valence-corrected chi connectivity index (χ3v) is 4.40. The first-order chi connectivity index (χ1) is 11.3. The molecule has 8 nitrogen and oxygen atoms in total. The van der Waals surface area contributed by atoms with Crippen molar-refractivity contribution in [1.82, 2.24) is 4.90 Å². The highest BCUT2D eigenvalue weighted by atomic mass is 16.6. The maximum absolute atomic E-state index is 12.8. The minimum atomic E-state index is -1.18. The van der Waals surface area contributed by atoms with Crippen LogP contribution in [0.25, 0.3) is 0 Å². The summed E-state index contributed by atoms with van der Waals surface area (Å²) in [5, 5.41) is 20.8. The maximum Gasteiger partial charge on any atom is 0.313 e. The van der Waals surface area contributed by atoms with Crippen LogP contribution in [0.5, 0.6) is 0 Å². The van der Waals surface area contributed by atoms with Gasteiger partial charge in [0.05, 0.1) is 11.5 Å². The standard InChI is InChI=1S/C16H20N2O6/c1-11-5-3-6-12(18(22)23)13(11)14(19)17-8-4-7-16(9-17,10-24-2)15(20)21/h3,5-6H,4,7-10H2,1-2H3,(H,20,21). The van der Waals surface area contributed by atoms with Gasteiger partial charge in [0.1, 0.15) is 11.0 Å². The van der Waals surface area contributed by atoms with E-state index in [-0.39, 0.29) is 24.4 Å². The van der Waals surface area contributed by atoms with Crippen molar-refractivity contribution < 1.29 is 24.4 Å². The summed E-state index contributed by atoms with van der Waals surface area (Å²) in [5.41, 5.74) is -0.938. The zero-order valence-corrected chi connectivity index (χ0v) is 13.7. The number of piperidine rings is 1. The van der Waals surface area contributed by atoms with Crippen molar-refractivity contribution in [1.29, 1.82) is 0 Å². The number of aryl methyl sites for hydroxylation is 1. The van der Waals surface area contributed by atoms with E-state index in [1.807, 2.05) is 0 Å². The number of nitro benzene ring substituents is 1. The number of carbonyl (C=O) groups is 2. The van der Waals surface area contributed by atoms with Gasteiger partial charge in [-0.3, -0.25) is 19.7 Å². The summed E-state index contributed by atoms with van der Waals surface area (Å²) in [5.74, 6) is -1.54. The molecular weight excluding hydrogens is 316 g/mol. The molecule has 130 valence electrons. The Morgan fingerprint density at radius 2 is 2.17 bits per heavy atom. The highest BCUT2D eigenvalue weighted by molar-refractivity contribution is 6.00. The smallest absolute Gasteiger partial charge is 0.313 e. The SMILES string of the molecule is COCC1(C(=O)O)CCCN(C(=O)c2c(C)cccc2[N+](=O)[O-])C1. The third-order valence-electron chi connectivity index (χ3n) is 4.40. The number of ether oxygens (including phenoxy) is 1. The zero-order valence-electron chi connectivity index (χ0n) is 13.7. The second-order valence-corrected chi connectivity index (χ2v) is 6.07. The van der Waals surface area contributed by atoms with Gasteiger partial charge in [0.25, 0.3) is 11.6 Å². The molecule has 0 aliphatic carbocycles. The highest BCUT2D eigenvalue weighted by Crippen LogP contribution is 2.33. The molecule has 1 aliphatic heterocycles. The third kappa shape index (κ3) is 3.23. The monoisotopic (exact) mass is 336 g/mol. The molecule has 0 spiro atoms. The topological polar surface area (TPSA) is 110 Å². The van der Waals surface area contributed by atoms with Crippen molar-refractivity contribution in [2.24, 2.45) is 5.41 Å². The number of amides is 1. The summed E-state index contributed by atoms with van der Waals surface area (Å²) in [7, 11) is 1.41. The molecule has 1 amide bonds. The Hall–Kier alpha value is -2.48. The zero-order chi connectivity index (χ0) is 17.9. The minimum absolute atomic E-state index is 0.0119. The van der Waals surface area contributed by atoms with Crippen LogP contribution in [0, 0.1) is 22.5 Å². The summed E-state index contributed by atoms with van der Waals surface area (Å²) >= 11 is 0. The lowest BCUT2D eigenvalue weighted by Crippen LogP contribution is -2.52. The van der Waals surface area contributed by atoms with Crippen LogP contribution in [0.2, 0.25) is 0 Å². The first-order valence-corrected chi connectivity index (χ1v) is 7.58. The lowest BCUT2D eigenvalue weighted by atomic mass is 9.80. The molecule has 1 aliphatic rings. The lowest BCUT2D eigenvalue weighted by molar-refractivity contribution is -0.385. The van der Waals surface area contributed by atoms with Crippen molar-refractivity contribution in [3.05, 3.63) is 39.4 Å². The number of methoxy groups -OCH3 is 1. The quantitative estimate of drug-likeness (QED) is 0.649. The van der Waals surface area contributed by atoms with Crippen molar-refractivity contribution in [2.75, 3.05) is 26.8 Å². The Labute approximate surface area is 139 Å². The van der Waals surface area contributed by atoms with E-state index in [0.717, 1.165) is 0 Å². The fourth-order valence-corrected chi connectivity index (χ4v) is 3.18. The largest absolute Gasteiger partial charge is 0.481 e. The van der Waals surface area contributed by atoms with E-state index >= 15 is 0 Å². The molecular formula is C16H20N2O6. The van der Waals surface area contributed by atoms with E-state index < -0.39 is 22.2 Å². The van der Waals surface area contributed by atoms with Gasteiger partial charge in [-0.05, 0) is 25.3 Å². The molecule has 1 unspecified atom stereocenters. The summed E-state index contributed by atoms with van der Waals surface area (Å²) in [6.45, 7) is 1.95. The lowest BCUT2D eigenvalue weighted by Gasteiger charge is -2.39. The number of nitrogens with zero attached hydrogens (tertiary/aromatic N) is 2. The highest BCUT2D eigenvalue weighted by Gasteiger charge is 2.44. The number of likely N-dealkylation sites (tertiary alicyclic amines) is 1. The van der Waals surface area contributed by atoms with Gasteiger partial charge in [-0.25, -0.2) is 0 Å². The molecule has 1 fully saturated rings. The van der Waals surface area contributed by atoms with E-state index in [2.05, 4.69) is 0 Å². The fourth-order valence-electron chi connectivity index (χ4n) is 3.18. The number of carboxylic acid groups (broad SMARTS) is 1. The first-order valence-electron chi connectivity index (χ1n) is 7.58. The fraction of sp³-hybridized carbons (Fsp3) is 0.500. The number of carbonyl (C=O) groups excluding carboxylic acids is 1. The molecule has 24 heavy (non-hydrogen) atoms. The van der Waals surface area contributed by atoms with Gasteiger partial charge in [-0.15, -0.1) is 0 Å². The summed E-state index contributed by atoms with van der Waals surface area (Å²) in [6.07, 6.45) is 0.900. The predicted molar refractivity (Wildman–Crippen MR) is 84.9 cm³/mol. The number of nitro groups is 1. The maximum atomic E-state index is 12.8. The second kappa shape index (κ2) is 6.96. The molecule has 0 bridgehead atoms. The Balaban J connectivity index is 2.37. The molecule has 8 heteroatoms. The van der Waals surface area contributed by atoms with Crippen LogP contribution in [0.15, 0.2) is 18.2 Å². The van der Waals surface area contributed by atoms with Gasteiger partial charge in [-0.1, -0.05) is 12.1 Å². The molecule has 1 aromatic carbocycles. The molecule has 1 aromatic rings. The van der Waals surface area contributed by atoms with Crippen LogP contribution in [0.4, 0.5) is 5.69 Å². The van der Waals surface area contributed by atoms with Gasteiger partial charge < -0.3 is 14.7 Å². The Kier molecular flexibility index (Phi) is 5.18. The average molecular weight is 336 g/mol. The van der Waals surface area contributed by atoms with Crippen molar-refractivity contribution in [3.8, 4) is 0 Å². The molecule has 1 saturated heterocycles. The van der Waals surface area contributed by atoms with Crippen LogP contribution < -0.4 is 0 Å². The molecule has 1 N–H and O–H groups in total. The molecule has 1 atom stereocenters. The normalized spacial score (nSPS) is 20.7. The van der Waals surface area contributed by atoms with Crippen molar-refractivity contribution in [2.45, 2.75) is 19.8 Å². The van der Waals surface area contributed by atoms with Gasteiger partial charge in [0.15, 0.2) is 0 Å². The van der Waals surface area contributed by atoms with Gasteiger partial charge >= 0.3 is 5.97 Å². The van der Waals surface area contributed by atoms with E-state index in [9.17, 15) is 24.8 Å². The number of hydrogen-bond acceptors (Lipinski definition) is 5. The Morgan fingerprint density at radius 1 is 1.46 bits per heavy atom. The van der Waals surface area contributed by atoms with E-state index in [0.29, 0.717) is 24.9 Å². The Bertz CT molecular complexity index is 671. The van der Waals surface area contributed by atoms with Gasteiger partial charge in [0, 0.05) is 26.3 Å². The van der Waals surface area contributed by atoms with Crippen LogP contribution in [0.1, 0.15) is 28.8 Å². The van der Waals surface area contributed by atoms with E-state index in [1.165, 1.54) is 24.1 Å². The summed E-state index contributed by atoms with van der Waals surface area (Å²) in [6, 6.07) is 4.43. The van der Waals surface area contributed by atoms with Crippen LogP contribution >= 0.6 is 0 Å². The number of carboxylic acids is 1. The minimum Gasteiger partial charge on any atom is -0.481 e. The van der Waals surface area contributed by atoms with Crippen LogP contribution in [-0.2, 0) is 9.53 Å². The van der Waals surface area contributed by atoms with Gasteiger partial charge in [-0.2, -0.15) is 0 Å². The number of hydrogen-bond donors (Lipinski definition) is 1. The molecule has 0 radical (unpaired) electrons. The summed E-state index contributed by atoms with van der Waals surface area (Å²) < 4.78 is 5.04. The number of aliphatic carboxylic acids is 1. The molecule has 0 saturated carbocycles. The molecule has 1 heterocycles. The molecule has 2 rings (SSSR count). The van der Waals surface area contributed by atoms with E-state index in [1.54, 1.807) is 13.0 Å². The second-order valence-electron chi connectivity index (χ2n) is 6.07. The number of rotatable bonds is 5.